The fraction of sp³-hybridized carbons (Fsp3) is 0.632. The van der Waals surface area contributed by atoms with Crippen molar-refractivity contribution in [3.05, 3.63) is 35.9 Å². The van der Waals surface area contributed by atoms with Crippen LogP contribution in [0.3, 0.4) is 0 Å². The van der Waals surface area contributed by atoms with E-state index in [1.54, 1.807) is 0 Å². The lowest BCUT2D eigenvalue weighted by atomic mass is 9.99. The quantitative estimate of drug-likeness (QED) is 0.844. The van der Waals surface area contributed by atoms with E-state index in [1.807, 2.05) is 4.90 Å². The average Bonchev–Trinajstić information content (AvgIpc) is 2.99. The molecule has 2 atom stereocenters. The molecule has 142 valence electrons. The van der Waals surface area contributed by atoms with Crippen LogP contribution in [0.4, 0.5) is 0 Å². The highest BCUT2D eigenvalue weighted by Gasteiger charge is 2.29. The van der Waals surface area contributed by atoms with Gasteiger partial charge in [0.25, 0.3) is 0 Å². The minimum Gasteiger partial charge on any atom is -0.340 e. The zero-order valence-electron chi connectivity index (χ0n) is 14.8. The summed E-state index contributed by atoms with van der Waals surface area (Å²) >= 11 is 0. The van der Waals surface area contributed by atoms with E-state index in [0.29, 0.717) is 18.2 Å². The first-order chi connectivity index (χ1) is 11.2. The highest BCUT2D eigenvalue weighted by atomic mass is 35.5. The summed E-state index contributed by atoms with van der Waals surface area (Å²) in [5.41, 5.74) is 7.48. The molecule has 1 heterocycles. The van der Waals surface area contributed by atoms with Gasteiger partial charge in [-0.1, -0.05) is 36.8 Å². The van der Waals surface area contributed by atoms with Gasteiger partial charge in [-0.3, -0.25) is 9.69 Å². The normalized spacial score (nSPS) is 23.6. The first kappa shape index (κ1) is 22.2. The van der Waals surface area contributed by atoms with Gasteiger partial charge in [0.05, 0.1) is 0 Å². The van der Waals surface area contributed by atoms with Crippen LogP contribution >= 0.6 is 24.8 Å². The van der Waals surface area contributed by atoms with E-state index in [1.165, 1.54) is 12.0 Å². The average molecular weight is 388 g/mol. The molecule has 1 saturated carbocycles. The number of halogens is 2. The van der Waals surface area contributed by atoms with Crippen LogP contribution in [0.2, 0.25) is 0 Å². The molecule has 25 heavy (non-hydrogen) atoms. The van der Waals surface area contributed by atoms with Crippen molar-refractivity contribution >= 4 is 30.7 Å². The lowest BCUT2D eigenvalue weighted by molar-refractivity contribution is -0.134. The summed E-state index contributed by atoms with van der Waals surface area (Å²) in [5, 5.41) is 0. The van der Waals surface area contributed by atoms with Crippen molar-refractivity contribution in [2.45, 2.75) is 38.1 Å². The Balaban J connectivity index is 0.00000156. The van der Waals surface area contributed by atoms with E-state index in [0.717, 1.165) is 52.0 Å². The summed E-state index contributed by atoms with van der Waals surface area (Å²) in [5.74, 6) is 0.730. The molecule has 1 saturated heterocycles. The molecule has 2 fully saturated rings. The summed E-state index contributed by atoms with van der Waals surface area (Å²) in [6, 6.07) is 10.9. The van der Waals surface area contributed by atoms with Crippen LogP contribution in [0.5, 0.6) is 0 Å². The van der Waals surface area contributed by atoms with Crippen LogP contribution in [0.15, 0.2) is 30.3 Å². The van der Waals surface area contributed by atoms with Gasteiger partial charge < -0.3 is 10.6 Å². The number of benzene rings is 1. The highest BCUT2D eigenvalue weighted by Crippen LogP contribution is 2.27. The number of amides is 1. The van der Waals surface area contributed by atoms with Crippen LogP contribution in [0.25, 0.3) is 0 Å². The fourth-order valence-corrected chi connectivity index (χ4v) is 3.83. The third-order valence-electron chi connectivity index (χ3n) is 5.44. The molecule has 0 bridgehead atoms. The van der Waals surface area contributed by atoms with Gasteiger partial charge in [0, 0.05) is 45.2 Å². The summed E-state index contributed by atoms with van der Waals surface area (Å²) in [4.78, 5) is 17.0. The molecule has 1 aliphatic carbocycles. The van der Waals surface area contributed by atoms with Crippen molar-refractivity contribution in [2.75, 3.05) is 32.7 Å². The predicted octanol–water partition coefficient (Wildman–Crippen LogP) is 2.73. The number of nitrogens with zero attached hydrogens (tertiary/aromatic N) is 2. The van der Waals surface area contributed by atoms with Gasteiger partial charge in [-0.25, -0.2) is 0 Å². The van der Waals surface area contributed by atoms with Crippen molar-refractivity contribution in [1.82, 2.24) is 9.80 Å². The first-order valence-corrected chi connectivity index (χ1v) is 9.02. The minimum atomic E-state index is 0. The van der Waals surface area contributed by atoms with Gasteiger partial charge >= 0.3 is 0 Å². The summed E-state index contributed by atoms with van der Waals surface area (Å²) in [6.45, 7) is 4.81. The Hall–Kier alpha value is -0.810. The van der Waals surface area contributed by atoms with E-state index < -0.39 is 0 Å². The number of carbonyl (C=O) groups excluding carboxylic acids is 1. The van der Waals surface area contributed by atoms with Gasteiger partial charge in [-0.2, -0.15) is 0 Å². The maximum absolute atomic E-state index is 12.4. The molecule has 1 aliphatic heterocycles. The molecule has 2 aliphatic rings. The van der Waals surface area contributed by atoms with Gasteiger partial charge in [-0.15, -0.1) is 24.8 Å². The topological polar surface area (TPSA) is 49.6 Å². The Kier molecular flexibility index (Phi) is 9.80. The molecule has 3 rings (SSSR count). The minimum absolute atomic E-state index is 0. The van der Waals surface area contributed by atoms with Crippen LogP contribution < -0.4 is 5.73 Å². The van der Waals surface area contributed by atoms with E-state index in [4.69, 9.17) is 5.73 Å². The number of nitrogens with two attached hydrogens (primary N) is 1. The zero-order valence-corrected chi connectivity index (χ0v) is 16.4. The van der Waals surface area contributed by atoms with Crippen LogP contribution in [0.1, 0.15) is 31.2 Å². The van der Waals surface area contributed by atoms with Crippen molar-refractivity contribution in [2.24, 2.45) is 11.7 Å². The molecule has 2 N–H and O–H groups in total. The molecule has 0 radical (unpaired) electrons. The molecular weight excluding hydrogens is 357 g/mol. The summed E-state index contributed by atoms with van der Waals surface area (Å²) in [7, 11) is 0. The van der Waals surface area contributed by atoms with Crippen molar-refractivity contribution in [1.29, 1.82) is 0 Å². The van der Waals surface area contributed by atoms with Crippen molar-refractivity contribution in [3.63, 3.8) is 0 Å². The monoisotopic (exact) mass is 387 g/mol. The standard InChI is InChI=1S/C19H29N3O.2ClH/c20-18-8-4-7-17(18)15-19(23)22-13-11-21(12-14-22)10-9-16-5-2-1-3-6-16;;/h1-3,5-6,17-18H,4,7-15,20H2;2*1H/t17-,18+;;/m0../s1. The van der Waals surface area contributed by atoms with Gasteiger partial charge in [0.15, 0.2) is 0 Å². The largest absolute Gasteiger partial charge is 0.340 e. The number of piperazine rings is 1. The lowest BCUT2D eigenvalue weighted by Crippen LogP contribution is -2.49. The van der Waals surface area contributed by atoms with Crippen LogP contribution in [-0.4, -0.2) is 54.5 Å². The molecule has 6 heteroatoms. The number of carbonyl (C=O) groups is 1. The fourth-order valence-electron chi connectivity index (χ4n) is 3.83. The second-order valence-corrected chi connectivity index (χ2v) is 7.02. The van der Waals surface area contributed by atoms with E-state index in [9.17, 15) is 4.79 Å². The number of rotatable bonds is 5. The molecular formula is C19H31Cl2N3O. The summed E-state index contributed by atoms with van der Waals surface area (Å²) in [6.07, 6.45) is 5.15. The Morgan fingerprint density at radius 1 is 1.04 bits per heavy atom. The zero-order chi connectivity index (χ0) is 16.1. The molecule has 1 aromatic carbocycles. The number of hydrogen-bond acceptors (Lipinski definition) is 3. The third-order valence-corrected chi connectivity index (χ3v) is 5.44. The maximum atomic E-state index is 12.4. The Morgan fingerprint density at radius 2 is 1.72 bits per heavy atom. The van der Waals surface area contributed by atoms with E-state index in [2.05, 4.69) is 35.2 Å². The van der Waals surface area contributed by atoms with Gasteiger partial charge in [0.2, 0.25) is 5.91 Å². The molecule has 4 nitrogen and oxygen atoms in total. The Labute approximate surface area is 163 Å². The predicted molar refractivity (Wildman–Crippen MR) is 108 cm³/mol. The SMILES string of the molecule is Cl.Cl.N[C@@H]1CCC[C@H]1CC(=O)N1CCN(CCc2ccccc2)CC1. The molecule has 0 unspecified atom stereocenters. The van der Waals surface area contributed by atoms with Gasteiger partial charge in [-0.05, 0) is 30.7 Å². The molecule has 1 amide bonds. The van der Waals surface area contributed by atoms with Gasteiger partial charge in [0.1, 0.15) is 0 Å². The van der Waals surface area contributed by atoms with E-state index >= 15 is 0 Å². The maximum Gasteiger partial charge on any atom is 0.222 e. The number of hydrogen-bond donors (Lipinski definition) is 1. The van der Waals surface area contributed by atoms with Crippen LogP contribution in [0, 0.1) is 5.92 Å². The summed E-state index contributed by atoms with van der Waals surface area (Å²) < 4.78 is 0. The lowest BCUT2D eigenvalue weighted by Gasteiger charge is -2.35. The van der Waals surface area contributed by atoms with Crippen molar-refractivity contribution < 1.29 is 4.79 Å². The second-order valence-electron chi connectivity index (χ2n) is 7.02. The van der Waals surface area contributed by atoms with Crippen LogP contribution in [-0.2, 0) is 11.2 Å². The third kappa shape index (κ3) is 6.45. The molecule has 0 spiro atoms. The molecule has 0 aromatic heterocycles. The smallest absolute Gasteiger partial charge is 0.222 e. The Morgan fingerprint density at radius 3 is 2.32 bits per heavy atom. The second kappa shape index (κ2) is 11.0. The molecule has 1 aromatic rings. The Bertz CT molecular complexity index is 507. The van der Waals surface area contributed by atoms with E-state index in [-0.39, 0.29) is 30.9 Å². The first-order valence-electron chi connectivity index (χ1n) is 9.02. The highest BCUT2D eigenvalue weighted by molar-refractivity contribution is 5.85. The van der Waals surface area contributed by atoms with Crippen molar-refractivity contribution in [3.8, 4) is 0 Å².